The molecule has 162 valence electrons. The van der Waals surface area contributed by atoms with Gasteiger partial charge in [-0.15, -0.1) is 0 Å². The Balaban J connectivity index is 2.00. The van der Waals surface area contributed by atoms with E-state index >= 15 is 0 Å². The molecule has 5 rings (SSSR count). The number of hydrogen-bond acceptors (Lipinski definition) is 4. The minimum absolute atomic E-state index is 0.184. The Morgan fingerprint density at radius 1 is 0.848 bits per heavy atom. The summed E-state index contributed by atoms with van der Waals surface area (Å²) in [5.41, 5.74) is 2.91. The summed E-state index contributed by atoms with van der Waals surface area (Å²) in [5.74, 6) is -0.536. The van der Waals surface area contributed by atoms with Gasteiger partial charge in [-0.25, -0.2) is 14.5 Å². The van der Waals surface area contributed by atoms with Crippen LogP contribution >= 0.6 is 11.6 Å². The fourth-order valence-corrected chi connectivity index (χ4v) is 4.55. The Labute approximate surface area is 196 Å². The van der Waals surface area contributed by atoms with Gasteiger partial charge >= 0.3 is 5.97 Å². The average molecular weight is 454 g/mol. The second-order valence-electron chi connectivity index (χ2n) is 7.58. The topological polar surface area (TPSA) is 57.0 Å². The van der Waals surface area contributed by atoms with Crippen LogP contribution in [0.5, 0.6) is 0 Å². The molecule has 0 atom stereocenters. The molecule has 0 fully saturated rings. The highest BCUT2D eigenvalue weighted by molar-refractivity contribution is 6.30. The van der Waals surface area contributed by atoms with E-state index in [9.17, 15) is 4.79 Å². The van der Waals surface area contributed by atoms with Crippen LogP contribution in [-0.2, 0) is 10.3 Å². The predicted molar refractivity (Wildman–Crippen MR) is 128 cm³/mol. The average Bonchev–Trinajstić information content (AvgIpc) is 3.25. The molecule has 0 spiro atoms. The van der Waals surface area contributed by atoms with Crippen LogP contribution in [0.1, 0.15) is 27.2 Å². The minimum Gasteiger partial charge on any atom is -0.464 e. The molecule has 0 saturated heterocycles. The number of halogens is 1. The molecule has 0 bridgehead atoms. The summed E-state index contributed by atoms with van der Waals surface area (Å²) in [5, 5.41) is 5.72. The summed E-state index contributed by atoms with van der Waals surface area (Å²) in [6.07, 6.45) is 1.57. The van der Waals surface area contributed by atoms with Crippen LogP contribution in [0.2, 0.25) is 5.15 Å². The van der Waals surface area contributed by atoms with E-state index in [1.54, 1.807) is 12.3 Å². The van der Waals surface area contributed by atoms with Gasteiger partial charge in [0, 0.05) is 12.3 Å². The Kier molecular flexibility index (Phi) is 5.40. The van der Waals surface area contributed by atoms with Crippen molar-refractivity contribution in [3.63, 3.8) is 0 Å². The highest BCUT2D eigenvalue weighted by Gasteiger charge is 2.41. The second-order valence-corrected chi connectivity index (χ2v) is 7.97. The highest BCUT2D eigenvalue weighted by Crippen LogP contribution is 2.42. The summed E-state index contributed by atoms with van der Waals surface area (Å²) in [6.45, 7) is 0. The molecule has 0 unspecified atom stereocenters. The molecule has 0 aliphatic rings. The standard InChI is InChI=1S/C27H20ClN3O2/c1-33-26(32)25-22-18-29-24(28)17-23(22)31(30-25)27(19-11-5-2-6-12-19,20-13-7-3-8-14-20)21-15-9-4-10-16-21/h2-18H,1H3. The number of carbonyl (C=O) groups excluding carboxylic acids is 1. The summed E-state index contributed by atoms with van der Waals surface area (Å²) in [6, 6.07) is 32.0. The van der Waals surface area contributed by atoms with Crippen molar-refractivity contribution >= 4 is 28.5 Å². The molecule has 5 aromatic rings. The first-order chi connectivity index (χ1) is 16.2. The van der Waals surface area contributed by atoms with Gasteiger partial charge in [-0.05, 0) is 16.7 Å². The van der Waals surface area contributed by atoms with Crippen molar-refractivity contribution in [1.82, 2.24) is 14.8 Å². The van der Waals surface area contributed by atoms with Gasteiger partial charge in [0.05, 0.1) is 18.0 Å². The van der Waals surface area contributed by atoms with Gasteiger partial charge in [-0.3, -0.25) is 0 Å². The fraction of sp³-hybridized carbons (Fsp3) is 0.0741. The number of aromatic nitrogens is 3. The monoisotopic (exact) mass is 453 g/mol. The number of nitrogens with zero attached hydrogens (tertiary/aromatic N) is 3. The zero-order chi connectivity index (χ0) is 22.8. The van der Waals surface area contributed by atoms with Gasteiger partial charge in [0.15, 0.2) is 5.69 Å². The van der Waals surface area contributed by atoms with Crippen molar-refractivity contribution < 1.29 is 9.53 Å². The maximum Gasteiger partial charge on any atom is 0.359 e. The van der Waals surface area contributed by atoms with Crippen molar-refractivity contribution in [2.45, 2.75) is 5.54 Å². The van der Waals surface area contributed by atoms with Crippen LogP contribution in [0.4, 0.5) is 0 Å². The summed E-state index contributed by atoms with van der Waals surface area (Å²) >= 11 is 6.33. The van der Waals surface area contributed by atoms with E-state index in [1.807, 2.05) is 59.3 Å². The molecule has 2 aromatic heterocycles. The molecular weight excluding hydrogens is 434 g/mol. The first-order valence-electron chi connectivity index (χ1n) is 10.5. The number of benzene rings is 3. The number of ether oxygens (including phenoxy) is 1. The molecule has 0 aliphatic carbocycles. The Morgan fingerprint density at radius 3 is 1.79 bits per heavy atom. The molecule has 0 N–H and O–H groups in total. The maximum atomic E-state index is 12.7. The van der Waals surface area contributed by atoms with Crippen molar-refractivity contribution in [3.05, 3.63) is 131 Å². The molecule has 5 nitrogen and oxygen atoms in total. The predicted octanol–water partition coefficient (Wildman–Crippen LogP) is 5.71. The van der Waals surface area contributed by atoms with Gasteiger partial charge in [-0.1, -0.05) is 103 Å². The molecule has 6 heteroatoms. The van der Waals surface area contributed by atoms with Gasteiger partial charge in [-0.2, -0.15) is 5.10 Å². The fourth-order valence-electron chi connectivity index (χ4n) is 4.39. The molecule has 0 aliphatic heterocycles. The number of esters is 1. The van der Waals surface area contributed by atoms with Crippen LogP contribution in [-0.4, -0.2) is 27.8 Å². The third-order valence-electron chi connectivity index (χ3n) is 5.80. The van der Waals surface area contributed by atoms with E-state index in [2.05, 4.69) is 41.4 Å². The molecule has 33 heavy (non-hydrogen) atoms. The highest BCUT2D eigenvalue weighted by atomic mass is 35.5. The maximum absolute atomic E-state index is 12.7. The van der Waals surface area contributed by atoms with E-state index in [0.717, 1.165) is 16.7 Å². The zero-order valence-corrected chi connectivity index (χ0v) is 18.6. The number of methoxy groups -OCH3 is 1. The van der Waals surface area contributed by atoms with Crippen LogP contribution in [0.3, 0.4) is 0 Å². The van der Waals surface area contributed by atoms with Crippen LogP contribution in [0.15, 0.2) is 103 Å². The Bertz CT molecular complexity index is 1320. The largest absolute Gasteiger partial charge is 0.464 e. The number of rotatable bonds is 5. The van der Waals surface area contributed by atoms with Crippen LogP contribution in [0, 0.1) is 0 Å². The third kappa shape index (κ3) is 3.38. The lowest BCUT2D eigenvalue weighted by Crippen LogP contribution is -2.38. The molecule has 0 radical (unpaired) electrons. The number of carbonyl (C=O) groups is 1. The van der Waals surface area contributed by atoms with Crippen molar-refractivity contribution in [2.75, 3.05) is 7.11 Å². The van der Waals surface area contributed by atoms with Crippen molar-refractivity contribution in [3.8, 4) is 0 Å². The van der Waals surface area contributed by atoms with E-state index in [0.29, 0.717) is 16.1 Å². The van der Waals surface area contributed by atoms with Gasteiger partial charge in [0.25, 0.3) is 0 Å². The summed E-state index contributed by atoms with van der Waals surface area (Å²) in [7, 11) is 1.34. The lowest BCUT2D eigenvalue weighted by atomic mass is 9.77. The van der Waals surface area contributed by atoms with E-state index < -0.39 is 11.5 Å². The Hall–Kier alpha value is -3.96. The van der Waals surface area contributed by atoms with Crippen LogP contribution < -0.4 is 0 Å². The molecular formula is C27H20ClN3O2. The lowest BCUT2D eigenvalue weighted by Gasteiger charge is -2.37. The van der Waals surface area contributed by atoms with E-state index in [-0.39, 0.29) is 5.69 Å². The summed E-state index contributed by atoms with van der Waals surface area (Å²) in [4.78, 5) is 16.9. The molecule has 0 amide bonds. The number of pyridine rings is 1. The molecule has 3 aromatic carbocycles. The van der Waals surface area contributed by atoms with Crippen molar-refractivity contribution in [1.29, 1.82) is 0 Å². The number of fused-ring (bicyclic) bond motifs is 1. The van der Waals surface area contributed by atoms with Crippen molar-refractivity contribution in [2.24, 2.45) is 0 Å². The molecule has 0 saturated carbocycles. The van der Waals surface area contributed by atoms with E-state index in [4.69, 9.17) is 21.4 Å². The molecule has 2 heterocycles. The second kappa shape index (κ2) is 8.52. The van der Waals surface area contributed by atoms with Crippen LogP contribution in [0.25, 0.3) is 10.9 Å². The number of hydrogen-bond donors (Lipinski definition) is 0. The SMILES string of the molecule is COC(=O)c1nn(C(c2ccccc2)(c2ccccc2)c2ccccc2)c2cc(Cl)ncc12. The minimum atomic E-state index is -0.890. The third-order valence-corrected chi connectivity index (χ3v) is 6.01. The Morgan fingerprint density at radius 2 is 1.33 bits per heavy atom. The van der Waals surface area contributed by atoms with Gasteiger partial charge in [0.1, 0.15) is 10.7 Å². The lowest BCUT2D eigenvalue weighted by molar-refractivity contribution is 0.0594. The first kappa shape index (κ1) is 20.9. The smallest absolute Gasteiger partial charge is 0.359 e. The zero-order valence-electron chi connectivity index (χ0n) is 17.9. The summed E-state index contributed by atoms with van der Waals surface area (Å²) < 4.78 is 6.91. The van der Waals surface area contributed by atoms with Gasteiger partial charge < -0.3 is 4.74 Å². The van der Waals surface area contributed by atoms with E-state index in [1.165, 1.54) is 7.11 Å². The quantitative estimate of drug-likeness (QED) is 0.194. The van der Waals surface area contributed by atoms with Gasteiger partial charge in [0.2, 0.25) is 0 Å². The first-order valence-corrected chi connectivity index (χ1v) is 10.8. The normalized spacial score (nSPS) is 11.5.